The Morgan fingerprint density at radius 3 is 2.52 bits per heavy atom. The molecule has 1 aliphatic heterocycles. The fraction of sp³-hybridized carbons (Fsp3) is 0.130. The molecule has 0 unspecified atom stereocenters. The number of fused-ring (bicyclic) bond motifs is 2. The summed E-state index contributed by atoms with van der Waals surface area (Å²) in [5, 5.41) is 5.72. The lowest BCUT2D eigenvalue weighted by molar-refractivity contribution is 0.0985. The van der Waals surface area contributed by atoms with Crippen molar-refractivity contribution in [2.75, 3.05) is 16.8 Å². The molecule has 3 aromatic carbocycles. The zero-order valence-electron chi connectivity index (χ0n) is 16.0. The molecule has 0 bridgehead atoms. The van der Waals surface area contributed by atoms with E-state index in [1.165, 1.54) is 0 Å². The standard InChI is InChI=1S/C23H21N3O2S/c1-2-26-19-14-17(25-23(28)24-15-16-8-4-3-5-9-16)12-13-21(19)29-20-11-7-6-10-18(20)22(26)27/h3-14H,2,15H2,1H3,(H2,24,25,28). The maximum absolute atomic E-state index is 13.0. The third-order valence-electron chi connectivity index (χ3n) is 4.70. The second kappa shape index (κ2) is 8.41. The summed E-state index contributed by atoms with van der Waals surface area (Å²) < 4.78 is 0. The number of benzene rings is 3. The molecule has 0 aliphatic carbocycles. The molecule has 0 radical (unpaired) electrons. The van der Waals surface area contributed by atoms with Crippen LogP contribution in [0, 0.1) is 0 Å². The zero-order valence-corrected chi connectivity index (χ0v) is 16.8. The van der Waals surface area contributed by atoms with Gasteiger partial charge in [0.05, 0.1) is 11.3 Å². The lowest BCUT2D eigenvalue weighted by atomic mass is 10.1. The fourth-order valence-electron chi connectivity index (χ4n) is 3.27. The predicted octanol–water partition coefficient (Wildman–Crippen LogP) is 5.14. The van der Waals surface area contributed by atoms with Crippen molar-refractivity contribution < 1.29 is 9.59 Å². The molecule has 29 heavy (non-hydrogen) atoms. The third-order valence-corrected chi connectivity index (χ3v) is 5.84. The largest absolute Gasteiger partial charge is 0.334 e. The third kappa shape index (κ3) is 4.12. The van der Waals surface area contributed by atoms with Gasteiger partial charge in [-0.05, 0) is 42.8 Å². The lowest BCUT2D eigenvalue weighted by Crippen LogP contribution is -2.31. The zero-order chi connectivity index (χ0) is 20.2. The Balaban J connectivity index is 1.54. The average Bonchev–Trinajstić information content (AvgIpc) is 2.86. The topological polar surface area (TPSA) is 61.4 Å². The fourth-order valence-corrected chi connectivity index (χ4v) is 4.32. The monoisotopic (exact) mass is 403 g/mol. The maximum atomic E-state index is 13.0. The van der Waals surface area contributed by atoms with Gasteiger partial charge in [-0.15, -0.1) is 0 Å². The lowest BCUT2D eigenvalue weighted by Gasteiger charge is -2.22. The van der Waals surface area contributed by atoms with Crippen molar-refractivity contribution in [2.24, 2.45) is 0 Å². The van der Waals surface area contributed by atoms with Crippen molar-refractivity contribution in [1.82, 2.24) is 5.32 Å². The van der Waals surface area contributed by atoms with Gasteiger partial charge < -0.3 is 15.5 Å². The number of rotatable bonds is 4. The molecule has 3 amide bonds. The molecule has 6 heteroatoms. The van der Waals surface area contributed by atoms with Crippen LogP contribution >= 0.6 is 11.8 Å². The van der Waals surface area contributed by atoms with Gasteiger partial charge in [0.2, 0.25) is 0 Å². The van der Waals surface area contributed by atoms with Crippen molar-refractivity contribution in [2.45, 2.75) is 23.3 Å². The molecular formula is C23H21N3O2S. The molecule has 0 saturated heterocycles. The molecule has 1 aliphatic rings. The molecule has 1 heterocycles. The van der Waals surface area contributed by atoms with Crippen molar-refractivity contribution in [3.05, 3.63) is 83.9 Å². The second-order valence-corrected chi connectivity index (χ2v) is 7.71. The van der Waals surface area contributed by atoms with E-state index < -0.39 is 0 Å². The van der Waals surface area contributed by atoms with Crippen LogP contribution in [-0.2, 0) is 6.54 Å². The normalized spacial score (nSPS) is 12.6. The Labute approximate surface area is 174 Å². The maximum Gasteiger partial charge on any atom is 0.319 e. The van der Waals surface area contributed by atoms with Crippen LogP contribution in [0.3, 0.4) is 0 Å². The smallest absolute Gasteiger partial charge is 0.319 e. The SMILES string of the molecule is CCN1C(=O)c2ccccc2Sc2ccc(NC(=O)NCc3ccccc3)cc21. The number of hydrogen-bond acceptors (Lipinski definition) is 3. The van der Waals surface area contributed by atoms with Crippen LogP contribution in [0.1, 0.15) is 22.8 Å². The summed E-state index contributed by atoms with van der Waals surface area (Å²) in [6.07, 6.45) is 0. The van der Waals surface area contributed by atoms with Crippen LogP contribution in [-0.4, -0.2) is 18.5 Å². The van der Waals surface area contributed by atoms with E-state index in [4.69, 9.17) is 0 Å². The van der Waals surface area contributed by atoms with Gasteiger partial charge in [0, 0.05) is 28.6 Å². The van der Waals surface area contributed by atoms with Crippen molar-refractivity contribution in [1.29, 1.82) is 0 Å². The highest BCUT2D eigenvalue weighted by Gasteiger charge is 2.26. The van der Waals surface area contributed by atoms with Gasteiger partial charge in [-0.25, -0.2) is 4.79 Å². The number of nitrogens with zero attached hydrogens (tertiary/aromatic N) is 1. The Morgan fingerprint density at radius 1 is 0.966 bits per heavy atom. The van der Waals surface area contributed by atoms with Gasteiger partial charge in [0.25, 0.3) is 5.91 Å². The van der Waals surface area contributed by atoms with E-state index >= 15 is 0 Å². The molecule has 2 N–H and O–H groups in total. The van der Waals surface area contributed by atoms with Crippen molar-refractivity contribution in [3.8, 4) is 0 Å². The number of anilines is 2. The molecular weight excluding hydrogens is 382 g/mol. The first-order valence-corrected chi connectivity index (χ1v) is 10.3. The second-order valence-electron chi connectivity index (χ2n) is 6.62. The number of urea groups is 1. The summed E-state index contributed by atoms with van der Waals surface area (Å²) in [7, 11) is 0. The highest BCUT2D eigenvalue weighted by Crippen LogP contribution is 2.42. The van der Waals surface area contributed by atoms with E-state index in [0.717, 1.165) is 21.0 Å². The van der Waals surface area contributed by atoms with Crippen LogP contribution in [0.25, 0.3) is 0 Å². The quantitative estimate of drug-likeness (QED) is 0.634. The van der Waals surface area contributed by atoms with Crippen molar-refractivity contribution >= 4 is 35.1 Å². The van der Waals surface area contributed by atoms with E-state index in [2.05, 4.69) is 10.6 Å². The van der Waals surface area contributed by atoms with Crippen molar-refractivity contribution in [3.63, 3.8) is 0 Å². The van der Waals surface area contributed by atoms with E-state index in [9.17, 15) is 9.59 Å². The highest BCUT2D eigenvalue weighted by atomic mass is 32.2. The number of carbonyl (C=O) groups excluding carboxylic acids is 2. The summed E-state index contributed by atoms with van der Waals surface area (Å²) in [4.78, 5) is 29.0. The molecule has 0 atom stereocenters. The number of hydrogen-bond donors (Lipinski definition) is 2. The van der Waals surface area contributed by atoms with Gasteiger partial charge in [-0.3, -0.25) is 4.79 Å². The summed E-state index contributed by atoms with van der Waals surface area (Å²) in [6, 6.07) is 22.8. The number of nitrogens with one attached hydrogen (secondary N) is 2. The summed E-state index contributed by atoms with van der Waals surface area (Å²) in [6.45, 7) is 2.94. The summed E-state index contributed by atoms with van der Waals surface area (Å²) >= 11 is 1.57. The minimum absolute atomic E-state index is 0.0278. The first-order chi connectivity index (χ1) is 14.2. The van der Waals surface area contributed by atoms with Gasteiger partial charge in [0.15, 0.2) is 0 Å². The molecule has 0 aromatic heterocycles. The van der Waals surface area contributed by atoms with Crippen LogP contribution in [0.2, 0.25) is 0 Å². The molecule has 4 rings (SSSR count). The molecule has 146 valence electrons. The molecule has 3 aromatic rings. The van der Waals surface area contributed by atoms with E-state index in [1.807, 2.05) is 79.7 Å². The van der Waals surface area contributed by atoms with Crippen LogP contribution < -0.4 is 15.5 Å². The highest BCUT2D eigenvalue weighted by molar-refractivity contribution is 7.99. The first-order valence-electron chi connectivity index (χ1n) is 9.47. The summed E-state index contributed by atoms with van der Waals surface area (Å²) in [5.74, 6) is -0.0278. The van der Waals surface area contributed by atoms with E-state index in [1.54, 1.807) is 16.7 Å². The minimum Gasteiger partial charge on any atom is -0.334 e. The number of amides is 3. The predicted molar refractivity (Wildman–Crippen MR) is 117 cm³/mol. The first kappa shape index (κ1) is 19.1. The Hall–Kier alpha value is -3.25. The summed E-state index contributed by atoms with van der Waals surface area (Å²) in [5.41, 5.74) is 3.18. The van der Waals surface area contributed by atoms with Crippen LogP contribution in [0.15, 0.2) is 82.6 Å². The van der Waals surface area contributed by atoms with Gasteiger partial charge >= 0.3 is 6.03 Å². The molecule has 0 spiro atoms. The van der Waals surface area contributed by atoms with Gasteiger partial charge in [-0.1, -0.05) is 54.2 Å². The van der Waals surface area contributed by atoms with E-state index in [-0.39, 0.29) is 11.9 Å². The molecule has 5 nitrogen and oxygen atoms in total. The average molecular weight is 404 g/mol. The Bertz CT molecular complexity index is 1050. The van der Waals surface area contributed by atoms with Gasteiger partial charge in [-0.2, -0.15) is 0 Å². The molecule has 0 fully saturated rings. The Morgan fingerprint density at radius 2 is 1.72 bits per heavy atom. The molecule has 0 saturated carbocycles. The van der Waals surface area contributed by atoms with Gasteiger partial charge in [0.1, 0.15) is 0 Å². The van der Waals surface area contributed by atoms with Crippen LogP contribution in [0.5, 0.6) is 0 Å². The number of carbonyl (C=O) groups is 2. The van der Waals surface area contributed by atoms with Crippen LogP contribution in [0.4, 0.5) is 16.2 Å². The van der Waals surface area contributed by atoms with E-state index in [0.29, 0.717) is 24.3 Å². The Kier molecular flexibility index (Phi) is 5.53. The minimum atomic E-state index is -0.285.